The van der Waals surface area contributed by atoms with Gasteiger partial charge in [-0.05, 0) is 25.1 Å². The van der Waals surface area contributed by atoms with Crippen molar-refractivity contribution in [1.29, 1.82) is 0 Å². The summed E-state index contributed by atoms with van der Waals surface area (Å²) in [5, 5.41) is 0.456. The van der Waals surface area contributed by atoms with E-state index < -0.39 is 18.0 Å². The number of aliphatic imine (C=N–C) groups is 1. The molecule has 2 atom stereocenters. The first-order chi connectivity index (χ1) is 11.5. The van der Waals surface area contributed by atoms with Crippen LogP contribution in [0.15, 0.2) is 59.9 Å². The van der Waals surface area contributed by atoms with E-state index >= 15 is 0 Å². The van der Waals surface area contributed by atoms with Gasteiger partial charge in [-0.1, -0.05) is 30.3 Å². The van der Waals surface area contributed by atoms with E-state index in [1.807, 2.05) is 0 Å². The van der Waals surface area contributed by atoms with Gasteiger partial charge < -0.3 is 4.74 Å². The largest absolute Gasteiger partial charge is 0.455 e. The van der Waals surface area contributed by atoms with Crippen LogP contribution in [0.3, 0.4) is 0 Å². The SMILES string of the molecule is C=C\C=C1/C(=O)C(c2ccc(Cl)cn2)[C@@H](OC(C)=O)/C1=N\C=C/C. The summed E-state index contributed by atoms with van der Waals surface area (Å²) in [6.07, 6.45) is 6.95. The molecule has 1 aliphatic rings. The highest BCUT2D eigenvalue weighted by Crippen LogP contribution is 2.35. The second kappa shape index (κ2) is 7.84. The van der Waals surface area contributed by atoms with Crippen LogP contribution < -0.4 is 0 Å². The minimum atomic E-state index is -0.842. The fourth-order valence-electron chi connectivity index (χ4n) is 2.49. The molecule has 2 rings (SSSR count). The summed E-state index contributed by atoms with van der Waals surface area (Å²) in [7, 11) is 0. The molecule has 1 unspecified atom stereocenters. The van der Waals surface area contributed by atoms with E-state index in [9.17, 15) is 9.59 Å². The molecule has 1 heterocycles. The van der Waals surface area contributed by atoms with Gasteiger partial charge in [0.1, 0.15) is 5.92 Å². The highest BCUT2D eigenvalue weighted by molar-refractivity contribution is 6.33. The lowest BCUT2D eigenvalue weighted by Gasteiger charge is -2.17. The van der Waals surface area contributed by atoms with Crippen LogP contribution >= 0.6 is 11.6 Å². The molecule has 5 nitrogen and oxygen atoms in total. The Hall–Kier alpha value is -2.53. The molecule has 0 saturated heterocycles. The summed E-state index contributed by atoms with van der Waals surface area (Å²) in [5.41, 5.74) is 1.21. The highest BCUT2D eigenvalue weighted by atomic mass is 35.5. The maximum atomic E-state index is 12.9. The van der Waals surface area contributed by atoms with Crippen molar-refractivity contribution in [2.75, 3.05) is 0 Å². The predicted molar refractivity (Wildman–Crippen MR) is 93.1 cm³/mol. The van der Waals surface area contributed by atoms with Gasteiger partial charge in [0.05, 0.1) is 16.4 Å². The Bertz CT molecular complexity index is 748. The van der Waals surface area contributed by atoms with Gasteiger partial charge in [0.25, 0.3) is 0 Å². The molecule has 0 radical (unpaired) electrons. The number of carbonyl (C=O) groups excluding carboxylic acids is 2. The van der Waals surface area contributed by atoms with Crippen LogP contribution in [0.2, 0.25) is 5.02 Å². The first-order valence-electron chi connectivity index (χ1n) is 7.34. The van der Waals surface area contributed by atoms with Crippen molar-refractivity contribution in [3.05, 3.63) is 65.6 Å². The third-order valence-electron chi connectivity index (χ3n) is 3.41. The number of nitrogens with zero attached hydrogens (tertiary/aromatic N) is 2. The number of rotatable bonds is 4. The number of carbonyl (C=O) groups is 2. The summed E-state index contributed by atoms with van der Waals surface area (Å²) in [5.74, 6) is -1.49. The van der Waals surface area contributed by atoms with Crippen molar-refractivity contribution in [2.24, 2.45) is 4.99 Å². The van der Waals surface area contributed by atoms with E-state index in [1.54, 1.807) is 37.4 Å². The van der Waals surface area contributed by atoms with E-state index in [4.69, 9.17) is 16.3 Å². The number of Topliss-reactive ketones (excluding diaryl/α,β-unsaturated/α-hetero) is 1. The second-order valence-electron chi connectivity index (χ2n) is 5.09. The topological polar surface area (TPSA) is 68.6 Å². The van der Waals surface area contributed by atoms with Crippen LogP contribution in [0.1, 0.15) is 25.5 Å². The van der Waals surface area contributed by atoms with Crippen molar-refractivity contribution >= 4 is 29.1 Å². The van der Waals surface area contributed by atoms with Gasteiger partial charge in [0.15, 0.2) is 11.9 Å². The lowest BCUT2D eigenvalue weighted by Crippen LogP contribution is -2.28. The average Bonchev–Trinajstić information content (AvgIpc) is 2.78. The number of halogens is 1. The predicted octanol–water partition coefficient (Wildman–Crippen LogP) is 3.42. The normalized spacial score (nSPS) is 24.0. The van der Waals surface area contributed by atoms with Crippen LogP contribution in [0, 0.1) is 0 Å². The Morgan fingerprint density at radius 3 is 2.75 bits per heavy atom. The Balaban J connectivity index is 2.60. The maximum Gasteiger partial charge on any atom is 0.303 e. The number of ether oxygens (including phenoxy) is 1. The Kier molecular flexibility index (Phi) is 5.82. The number of hydrogen-bond acceptors (Lipinski definition) is 5. The molecule has 1 saturated carbocycles. The molecule has 1 aromatic heterocycles. The molecular formula is C18H17ClN2O3. The van der Waals surface area contributed by atoms with Crippen molar-refractivity contribution in [3.8, 4) is 0 Å². The van der Waals surface area contributed by atoms with E-state index in [2.05, 4.69) is 16.6 Å². The molecular weight excluding hydrogens is 328 g/mol. The van der Waals surface area contributed by atoms with Crippen LogP contribution in [0.25, 0.3) is 0 Å². The first-order valence-corrected chi connectivity index (χ1v) is 7.72. The maximum absolute atomic E-state index is 12.9. The van der Waals surface area contributed by atoms with Gasteiger partial charge in [-0.25, -0.2) is 0 Å². The van der Waals surface area contributed by atoms with Gasteiger partial charge in [-0.15, -0.1) is 0 Å². The molecule has 24 heavy (non-hydrogen) atoms. The van der Waals surface area contributed by atoms with E-state index in [-0.39, 0.29) is 5.78 Å². The highest BCUT2D eigenvalue weighted by Gasteiger charge is 2.47. The zero-order valence-corrected chi connectivity index (χ0v) is 14.2. The van der Waals surface area contributed by atoms with Crippen molar-refractivity contribution < 1.29 is 14.3 Å². The summed E-state index contributed by atoms with van der Waals surface area (Å²) < 4.78 is 5.39. The lowest BCUT2D eigenvalue weighted by molar-refractivity contribution is -0.144. The number of pyridine rings is 1. The minimum absolute atomic E-state index is 0.223. The Morgan fingerprint density at radius 2 is 2.21 bits per heavy atom. The van der Waals surface area contributed by atoms with E-state index in [0.717, 1.165) is 0 Å². The van der Waals surface area contributed by atoms with Gasteiger partial charge in [-0.3, -0.25) is 19.6 Å². The van der Waals surface area contributed by atoms with Crippen molar-refractivity contribution in [1.82, 2.24) is 4.98 Å². The number of esters is 1. The molecule has 0 aromatic carbocycles. The van der Waals surface area contributed by atoms with Crippen LogP contribution in [-0.4, -0.2) is 28.6 Å². The zero-order chi connectivity index (χ0) is 17.7. The molecule has 124 valence electrons. The van der Waals surface area contributed by atoms with Crippen molar-refractivity contribution in [2.45, 2.75) is 25.9 Å². The van der Waals surface area contributed by atoms with E-state index in [1.165, 1.54) is 19.2 Å². The molecule has 1 fully saturated rings. The summed E-state index contributed by atoms with van der Waals surface area (Å²) in [6.45, 7) is 6.72. The number of ketones is 1. The third-order valence-corrected chi connectivity index (χ3v) is 3.63. The number of allylic oxidation sites excluding steroid dienone is 3. The lowest BCUT2D eigenvalue weighted by atomic mass is 9.99. The third kappa shape index (κ3) is 3.68. The van der Waals surface area contributed by atoms with Gasteiger partial charge in [0.2, 0.25) is 0 Å². The Morgan fingerprint density at radius 1 is 1.46 bits per heavy atom. The molecule has 0 aliphatic heterocycles. The first kappa shape index (κ1) is 17.8. The Labute approximate surface area is 145 Å². The fourth-order valence-corrected chi connectivity index (χ4v) is 2.60. The summed E-state index contributed by atoms with van der Waals surface area (Å²) >= 11 is 5.86. The molecule has 6 heteroatoms. The van der Waals surface area contributed by atoms with Crippen LogP contribution in [0.4, 0.5) is 0 Å². The number of aromatic nitrogens is 1. The average molecular weight is 345 g/mol. The molecule has 0 spiro atoms. The van der Waals surface area contributed by atoms with Crippen LogP contribution in [0.5, 0.6) is 0 Å². The summed E-state index contributed by atoms with van der Waals surface area (Å²) in [4.78, 5) is 32.9. The molecule has 1 aromatic rings. The standard InChI is InChI=1S/C18H17ClN2O3/c1-4-6-13-16(20-9-5-2)18(24-11(3)22)15(17(13)23)14-8-7-12(19)10-21-14/h4-10,15,18H,1H2,2-3H3/b9-5-,13-6-,20-16-/t15?,18-/m1/s1. The smallest absolute Gasteiger partial charge is 0.303 e. The molecule has 1 aliphatic carbocycles. The monoisotopic (exact) mass is 344 g/mol. The molecule has 0 bridgehead atoms. The molecule has 0 N–H and O–H groups in total. The number of hydrogen-bond donors (Lipinski definition) is 0. The van der Waals surface area contributed by atoms with Gasteiger partial charge in [0, 0.05) is 24.9 Å². The zero-order valence-electron chi connectivity index (χ0n) is 13.4. The van der Waals surface area contributed by atoms with Gasteiger partial charge in [-0.2, -0.15) is 0 Å². The van der Waals surface area contributed by atoms with Crippen LogP contribution in [-0.2, 0) is 14.3 Å². The van der Waals surface area contributed by atoms with E-state index in [0.29, 0.717) is 22.0 Å². The second-order valence-corrected chi connectivity index (χ2v) is 5.52. The minimum Gasteiger partial charge on any atom is -0.455 e. The molecule has 0 amide bonds. The van der Waals surface area contributed by atoms with Gasteiger partial charge >= 0.3 is 5.97 Å². The van der Waals surface area contributed by atoms with Crippen molar-refractivity contribution in [3.63, 3.8) is 0 Å². The summed E-state index contributed by atoms with van der Waals surface area (Å²) in [6, 6.07) is 3.28. The fraction of sp³-hybridized carbons (Fsp3) is 0.222. The quantitative estimate of drug-likeness (QED) is 0.620.